The van der Waals surface area contributed by atoms with Crippen LogP contribution in [0, 0.1) is 5.41 Å². The Hall–Kier alpha value is -4.25. The third kappa shape index (κ3) is 5.05. The highest BCUT2D eigenvalue weighted by atomic mass is 35.5. The van der Waals surface area contributed by atoms with Crippen LogP contribution in [0.1, 0.15) is 31.7 Å². The number of hydrogen-bond donors (Lipinski definition) is 5. The van der Waals surface area contributed by atoms with Gasteiger partial charge in [0.2, 0.25) is 5.91 Å². The van der Waals surface area contributed by atoms with Crippen molar-refractivity contribution < 1.29 is 36.6 Å². The number of hydrogen-bond acceptors (Lipinski definition) is 9. The molecule has 18 heteroatoms. The van der Waals surface area contributed by atoms with Crippen LogP contribution < -0.4 is 22.6 Å². The number of rotatable bonds is 9. The predicted molar refractivity (Wildman–Crippen MR) is 144 cm³/mol. The van der Waals surface area contributed by atoms with E-state index in [0.29, 0.717) is 12.8 Å². The van der Waals surface area contributed by atoms with Crippen molar-refractivity contribution in [1.29, 1.82) is 0 Å². The maximum Gasteiger partial charge on any atom is 0.453 e. The molecule has 3 heterocycles. The number of nitrogens with two attached hydrogens (primary N) is 3. The van der Waals surface area contributed by atoms with Gasteiger partial charge in [-0.3, -0.25) is 14.3 Å². The molecule has 2 aromatic heterocycles. The van der Waals surface area contributed by atoms with Gasteiger partial charge in [0.25, 0.3) is 0 Å². The summed E-state index contributed by atoms with van der Waals surface area (Å²) in [4.78, 5) is 33.3. The highest BCUT2D eigenvalue weighted by Gasteiger charge is 2.57. The van der Waals surface area contributed by atoms with Crippen LogP contribution in [-0.2, 0) is 21.5 Å². The first-order valence-electron chi connectivity index (χ1n) is 12.7. The van der Waals surface area contributed by atoms with Crippen molar-refractivity contribution in [3.05, 3.63) is 40.7 Å². The number of carbonyl (C=O) groups is 2. The maximum absolute atomic E-state index is 13.7. The number of amides is 1. The van der Waals surface area contributed by atoms with Crippen molar-refractivity contribution in [3.8, 4) is 11.5 Å². The molecule has 12 nitrogen and oxygen atoms in total. The van der Waals surface area contributed by atoms with Crippen LogP contribution in [0.3, 0.4) is 0 Å². The molecular formula is C25H25ClF5N9O3. The van der Waals surface area contributed by atoms with E-state index in [-0.39, 0.29) is 56.9 Å². The van der Waals surface area contributed by atoms with Crippen molar-refractivity contribution in [1.82, 2.24) is 24.8 Å². The number of aliphatic carboxylic acids is 1. The van der Waals surface area contributed by atoms with Crippen LogP contribution in [0.5, 0.6) is 0 Å². The van der Waals surface area contributed by atoms with E-state index in [2.05, 4.69) is 20.4 Å². The van der Waals surface area contributed by atoms with Crippen LogP contribution in [0.15, 0.2) is 30.1 Å². The Kier molecular flexibility index (Phi) is 6.96. The second-order valence-corrected chi connectivity index (χ2v) is 11.2. The first-order chi connectivity index (χ1) is 19.9. The number of halogens is 6. The van der Waals surface area contributed by atoms with E-state index in [1.165, 1.54) is 31.3 Å². The number of carboxylic acid groups (broad SMARTS) is 1. The van der Waals surface area contributed by atoms with Gasteiger partial charge in [-0.05, 0) is 38.0 Å². The molecule has 3 aromatic rings. The number of fused-ring (bicyclic) bond motifs is 2. The number of hydrazine groups is 1. The molecule has 43 heavy (non-hydrogen) atoms. The molecule has 1 aliphatic carbocycles. The first-order valence-corrected chi connectivity index (χ1v) is 13.1. The average Bonchev–Trinajstić information content (AvgIpc) is 3.51. The zero-order valence-corrected chi connectivity index (χ0v) is 23.1. The van der Waals surface area contributed by atoms with E-state index < -0.39 is 47.8 Å². The SMILES string of the molecule is CC1(/C(N)=C/N(N)CC2(C(=O)O)CC2)C(=O)Nc2nc(-c3nn(CCC(F)(F)C(F)(F)F)c4cc(Cl)ccc34)nc(N)c21. The minimum Gasteiger partial charge on any atom is -0.481 e. The zero-order chi connectivity index (χ0) is 31.7. The Morgan fingerprint density at radius 2 is 1.93 bits per heavy atom. The largest absolute Gasteiger partial charge is 0.481 e. The molecule has 0 bridgehead atoms. The third-order valence-electron chi connectivity index (χ3n) is 7.78. The Morgan fingerprint density at radius 3 is 2.53 bits per heavy atom. The average molecular weight is 630 g/mol. The summed E-state index contributed by atoms with van der Waals surface area (Å²) in [7, 11) is 0. The smallest absolute Gasteiger partial charge is 0.453 e. The molecule has 1 fully saturated rings. The first kappa shape index (κ1) is 30.2. The maximum atomic E-state index is 13.7. The van der Waals surface area contributed by atoms with Crippen molar-refractivity contribution in [2.24, 2.45) is 17.0 Å². The minimum absolute atomic E-state index is 0.0145. The van der Waals surface area contributed by atoms with Gasteiger partial charge >= 0.3 is 18.1 Å². The Morgan fingerprint density at radius 1 is 1.26 bits per heavy atom. The summed E-state index contributed by atoms with van der Waals surface area (Å²) in [6.07, 6.45) is -5.21. The fourth-order valence-electron chi connectivity index (χ4n) is 4.95. The van der Waals surface area contributed by atoms with Gasteiger partial charge in [0.1, 0.15) is 22.7 Å². The number of aryl methyl sites for hydroxylation is 1. The molecule has 0 radical (unpaired) electrons. The predicted octanol–water partition coefficient (Wildman–Crippen LogP) is 3.37. The number of nitrogens with one attached hydrogen (secondary N) is 1. The second kappa shape index (κ2) is 9.90. The van der Waals surface area contributed by atoms with Gasteiger partial charge in [-0.1, -0.05) is 11.6 Å². The van der Waals surface area contributed by atoms with E-state index in [1.807, 2.05) is 0 Å². The number of benzene rings is 1. The molecule has 1 amide bonds. The van der Waals surface area contributed by atoms with Crippen molar-refractivity contribution in [2.45, 2.75) is 50.2 Å². The highest BCUT2D eigenvalue weighted by Crippen LogP contribution is 2.47. The summed E-state index contributed by atoms with van der Waals surface area (Å²) in [5, 5.41) is 17.7. The summed E-state index contributed by atoms with van der Waals surface area (Å²) in [6, 6.07) is 4.27. The van der Waals surface area contributed by atoms with Gasteiger partial charge in [-0.2, -0.15) is 27.1 Å². The van der Waals surface area contributed by atoms with Crippen LogP contribution in [-0.4, -0.2) is 60.4 Å². The minimum atomic E-state index is -5.74. The molecule has 230 valence electrons. The number of nitrogen functional groups attached to an aromatic ring is 1. The zero-order valence-electron chi connectivity index (χ0n) is 22.3. The molecule has 1 aromatic carbocycles. The van der Waals surface area contributed by atoms with Gasteiger partial charge in [-0.15, -0.1) is 0 Å². The lowest BCUT2D eigenvalue weighted by Gasteiger charge is -2.26. The van der Waals surface area contributed by atoms with Crippen LogP contribution in [0.25, 0.3) is 22.4 Å². The Labute approximate surface area is 244 Å². The molecule has 0 saturated heterocycles. The van der Waals surface area contributed by atoms with Crippen LogP contribution in [0.4, 0.5) is 33.6 Å². The summed E-state index contributed by atoms with van der Waals surface area (Å²) in [6.45, 7) is 0.579. The summed E-state index contributed by atoms with van der Waals surface area (Å²) >= 11 is 6.05. The van der Waals surface area contributed by atoms with E-state index in [9.17, 15) is 36.6 Å². The van der Waals surface area contributed by atoms with Crippen molar-refractivity contribution in [3.63, 3.8) is 0 Å². The van der Waals surface area contributed by atoms with Crippen molar-refractivity contribution in [2.75, 3.05) is 17.6 Å². The fourth-order valence-corrected chi connectivity index (χ4v) is 5.12. The number of alkyl halides is 5. The Bertz CT molecular complexity index is 1690. The summed E-state index contributed by atoms with van der Waals surface area (Å²) < 4.78 is 66.6. The number of nitrogens with zero attached hydrogens (tertiary/aromatic N) is 5. The number of aromatic nitrogens is 4. The standard InChI is InChI=1S/C25H25ClF5N9O3/c1-22(14(32)9-39(34)10-23(4-5-23)21(42)43)15-17(33)35-19(36-18(15)37-20(22)41)16-12-3-2-11(26)8-13(12)40(38-16)7-6-24(27,28)25(29,30)31/h2-3,8-9H,4-7,10,32,34H2,1H3,(H,42,43)(H3,33,35,36,37,41)/b14-9-. The van der Waals surface area contributed by atoms with Gasteiger partial charge in [0.15, 0.2) is 5.82 Å². The molecule has 5 rings (SSSR count). The fraction of sp³-hybridized carbons (Fsp3) is 0.400. The third-order valence-corrected chi connectivity index (χ3v) is 8.01. The molecule has 8 N–H and O–H groups in total. The van der Waals surface area contributed by atoms with Crippen molar-refractivity contribution >= 4 is 46.0 Å². The highest BCUT2D eigenvalue weighted by molar-refractivity contribution is 6.31. The number of carbonyl (C=O) groups excluding carboxylic acids is 1. The van der Waals surface area contributed by atoms with E-state index >= 15 is 0 Å². The van der Waals surface area contributed by atoms with E-state index in [1.54, 1.807) is 0 Å². The lowest BCUT2D eigenvalue weighted by atomic mass is 9.81. The molecule has 2 aliphatic rings. The molecule has 1 unspecified atom stereocenters. The van der Waals surface area contributed by atoms with Crippen LogP contribution >= 0.6 is 11.6 Å². The van der Waals surface area contributed by atoms with Gasteiger partial charge in [0.05, 0.1) is 16.5 Å². The quantitative estimate of drug-likeness (QED) is 0.133. The summed E-state index contributed by atoms with van der Waals surface area (Å²) in [5.74, 6) is -1.01. The molecule has 1 aliphatic heterocycles. The molecule has 1 atom stereocenters. The Balaban J connectivity index is 1.51. The molecule has 0 spiro atoms. The number of anilines is 2. The normalized spacial score (nSPS) is 19.8. The lowest BCUT2D eigenvalue weighted by Crippen LogP contribution is -2.41. The van der Waals surface area contributed by atoms with Crippen LogP contribution in [0.2, 0.25) is 5.02 Å². The second-order valence-electron chi connectivity index (χ2n) is 10.8. The van der Waals surface area contributed by atoms with Gasteiger partial charge in [0, 0.05) is 41.8 Å². The topological polar surface area (TPSA) is 191 Å². The summed E-state index contributed by atoms with van der Waals surface area (Å²) in [5.41, 5.74) is 10.1. The molecule has 1 saturated carbocycles. The van der Waals surface area contributed by atoms with E-state index in [4.69, 9.17) is 28.9 Å². The molecular weight excluding hydrogens is 605 g/mol. The van der Waals surface area contributed by atoms with Gasteiger partial charge < -0.3 is 26.9 Å². The number of carboxylic acids is 1. The van der Waals surface area contributed by atoms with Gasteiger partial charge in [-0.25, -0.2) is 15.8 Å². The van der Waals surface area contributed by atoms with E-state index in [0.717, 1.165) is 9.69 Å². The monoisotopic (exact) mass is 629 g/mol. The lowest BCUT2D eigenvalue weighted by molar-refractivity contribution is -0.285.